The number of para-hydroxylation sites is 1. The molecule has 76 valence electrons. The average Bonchev–Trinajstić information content (AvgIpc) is 2.63. The third-order valence-electron chi connectivity index (χ3n) is 1.97. The van der Waals surface area contributed by atoms with Gasteiger partial charge in [-0.1, -0.05) is 12.1 Å². The molecule has 15 heavy (non-hydrogen) atoms. The second kappa shape index (κ2) is 3.45. The number of aromatic carboxylic acids is 1. The van der Waals surface area contributed by atoms with Gasteiger partial charge in [0.1, 0.15) is 0 Å². The van der Waals surface area contributed by atoms with Crippen molar-refractivity contribution < 1.29 is 19.1 Å². The third kappa shape index (κ3) is 1.54. The van der Waals surface area contributed by atoms with Gasteiger partial charge in [-0.05, 0) is 12.1 Å². The van der Waals surface area contributed by atoms with Crippen LogP contribution in [0.2, 0.25) is 0 Å². The first-order valence-electron chi connectivity index (χ1n) is 4.18. The Morgan fingerprint density at radius 2 is 2.27 bits per heavy atom. The van der Waals surface area contributed by atoms with Crippen molar-refractivity contribution in [3.63, 3.8) is 0 Å². The molecule has 0 radical (unpaired) electrons. The number of furan rings is 1. The molecule has 5 heteroatoms. The smallest absolute Gasteiger partial charge is 0.371 e. The topological polar surface area (TPSA) is 79.5 Å². The SMILES string of the molecule is O=CNc1cccc2cc(C(=O)O)oc12. The van der Waals surface area contributed by atoms with Crippen LogP contribution in [0.3, 0.4) is 0 Å². The summed E-state index contributed by atoms with van der Waals surface area (Å²) in [4.78, 5) is 20.9. The van der Waals surface area contributed by atoms with E-state index in [0.717, 1.165) is 0 Å². The van der Waals surface area contributed by atoms with Crippen LogP contribution in [0.1, 0.15) is 10.6 Å². The number of carboxylic acid groups (broad SMARTS) is 1. The second-order valence-corrected chi connectivity index (χ2v) is 2.90. The Kier molecular flexibility index (Phi) is 2.13. The number of carboxylic acids is 1. The number of anilines is 1. The van der Waals surface area contributed by atoms with Gasteiger partial charge in [0.2, 0.25) is 12.2 Å². The molecular formula is C10H7NO4. The number of carbonyl (C=O) groups excluding carboxylic acids is 1. The van der Waals surface area contributed by atoms with Gasteiger partial charge in [0.05, 0.1) is 5.69 Å². The molecule has 2 N–H and O–H groups in total. The van der Waals surface area contributed by atoms with E-state index >= 15 is 0 Å². The van der Waals surface area contributed by atoms with Crippen LogP contribution >= 0.6 is 0 Å². The average molecular weight is 205 g/mol. The van der Waals surface area contributed by atoms with Crippen LogP contribution in [0.5, 0.6) is 0 Å². The minimum atomic E-state index is -1.14. The van der Waals surface area contributed by atoms with Crippen molar-refractivity contribution in [1.29, 1.82) is 0 Å². The molecule has 0 fully saturated rings. The van der Waals surface area contributed by atoms with E-state index in [4.69, 9.17) is 9.52 Å². The first-order chi connectivity index (χ1) is 7.22. The maximum absolute atomic E-state index is 10.7. The normalized spacial score (nSPS) is 10.1. The van der Waals surface area contributed by atoms with Crippen LogP contribution in [0.4, 0.5) is 5.69 Å². The Morgan fingerprint density at radius 1 is 1.47 bits per heavy atom. The minimum absolute atomic E-state index is 0.148. The molecule has 0 aliphatic rings. The summed E-state index contributed by atoms with van der Waals surface area (Å²) in [7, 11) is 0. The summed E-state index contributed by atoms with van der Waals surface area (Å²) in [5.74, 6) is -1.28. The zero-order valence-electron chi connectivity index (χ0n) is 7.56. The predicted molar refractivity (Wildman–Crippen MR) is 52.9 cm³/mol. The van der Waals surface area contributed by atoms with Gasteiger partial charge in [0.25, 0.3) is 0 Å². The second-order valence-electron chi connectivity index (χ2n) is 2.90. The number of hydrogen-bond donors (Lipinski definition) is 2. The van der Waals surface area contributed by atoms with Gasteiger partial charge in [-0.15, -0.1) is 0 Å². The fourth-order valence-corrected chi connectivity index (χ4v) is 1.35. The number of nitrogens with one attached hydrogen (secondary N) is 1. The highest BCUT2D eigenvalue weighted by Crippen LogP contribution is 2.26. The van der Waals surface area contributed by atoms with E-state index < -0.39 is 5.97 Å². The van der Waals surface area contributed by atoms with Crippen molar-refractivity contribution in [3.05, 3.63) is 30.0 Å². The molecule has 0 aliphatic carbocycles. The summed E-state index contributed by atoms with van der Waals surface area (Å²) in [5, 5.41) is 11.8. The Morgan fingerprint density at radius 3 is 2.93 bits per heavy atom. The molecule has 2 aromatic rings. The molecule has 0 bridgehead atoms. The molecule has 0 aliphatic heterocycles. The quantitative estimate of drug-likeness (QED) is 0.747. The zero-order valence-corrected chi connectivity index (χ0v) is 7.56. The van der Waals surface area contributed by atoms with Crippen molar-refractivity contribution in [1.82, 2.24) is 0 Å². The lowest BCUT2D eigenvalue weighted by atomic mass is 10.2. The summed E-state index contributed by atoms with van der Waals surface area (Å²) in [6.45, 7) is 0. The lowest BCUT2D eigenvalue weighted by molar-refractivity contribution is -0.105. The van der Waals surface area contributed by atoms with Gasteiger partial charge in [-0.25, -0.2) is 4.79 Å². The number of benzene rings is 1. The van der Waals surface area contributed by atoms with Gasteiger partial charge in [-0.3, -0.25) is 4.79 Å². The molecule has 1 aromatic heterocycles. The zero-order chi connectivity index (χ0) is 10.8. The van der Waals surface area contributed by atoms with Crippen molar-refractivity contribution in [3.8, 4) is 0 Å². The minimum Gasteiger partial charge on any atom is -0.475 e. The number of rotatable bonds is 3. The van der Waals surface area contributed by atoms with Gasteiger partial charge < -0.3 is 14.8 Å². The maximum Gasteiger partial charge on any atom is 0.371 e. The molecule has 2 rings (SSSR count). The van der Waals surface area contributed by atoms with E-state index in [0.29, 0.717) is 23.1 Å². The van der Waals surface area contributed by atoms with Crippen molar-refractivity contribution in [2.75, 3.05) is 5.32 Å². The molecule has 0 unspecified atom stereocenters. The van der Waals surface area contributed by atoms with Gasteiger partial charge >= 0.3 is 5.97 Å². The lowest BCUT2D eigenvalue weighted by Gasteiger charge is -1.97. The summed E-state index contributed by atoms with van der Waals surface area (Å²) < 4.78 is 5.09. The van der Waals surface area contributed by atoms with Crippen LogP contribution in [0, 0.1) is 0 Å². The highest BCUT2D eigenvalue weighted by molar-refractivity contribution is 5.98. The fourth-order valence-electron chi connectivity index (χ4n) is 1.35. The Balaban J connectivity index is 2.63. The van der Waals surface area contributed by atoms with E-state index in [1.807, 2.05) is 0 Å². The van der Waals surface area contributed by atoms with Crippen LogP contribution in [0.15, 0.2) is 28.7 Å². The van der Waals surface area contributed by atoms with Gasteiger partial charge in [-0.2, -0.15) is 0 Å². The van der Waals surface area contributed by atoms with Crippen molar-refractivity contribution in [2.24, 2.45) is 0 Å². The molecule has 1 heterocycles. The third-order valence-corrected chi connectivity index (χ3v) is 1.97. The number of hydrogen-bond acceptors (Lipinski definition) is 3. The lowest BCUT2D eigenvalue weighted by Crippen LogP contribution is -1.93. The van der Waals surface area contributed by atoms with Gasteiger partial charge in [0.15, 0.2) is 5.58 Å². The molecular weight excluding hydrogens is 198 g/mol. The molecule has 0 spiro atoms. The predicted octanol–water partition coefficient (Wildman–Crippen LogP) is 1.70. The van der Waals surface area contributed by atoms with E-state index in [-0.39, 0.29) is 5.76 Å². The van der Waals surface area contributed by atoms with Crippen LogP contribution in [-0.4, -0.2) is 17.5 Å². The number of fused-ring (bicyclic) bond motifs is 1. The van der Waals surface area contributed by atoms with E-state index in [1.54, 1.807) is 18.2 Å². The highest BCUT2D eigenvalue weighted by Gasteiger charge is 2.12. The van der Waals surface area contributed by atoms with Crippen LogP contribution in [-0.2, 0) is 4.79 Å². The molecule has 0 saturated heterocycles. The van der Waals surface area contributed by atoms with Gasteiger partial charge in [0, 0.05) is 5.39 Å². The summed E-state index contributed by atoms with van der Waals surface area (Å²) in [5.41, 5.74) is 0.817. The highest BCUT2D eigenvalue weighted by atomic mass is 16.4. The van der Waals surface area contributed by atoms with Crippen LogP contribution in [0.25, 0.3) is 11.0 Å². The molecule has 0 saturated carbocycles. The number of carbonyl (C=O) groups is 2. The monoisotopic (exact) mass is 205 g/mol. The van der Waals surface area contributed by atoms with Crippen LogP contribution < -0.4 is 5.32 Å². The first-order valence-corrected chi connectivity index (χ1v) is 4.18. The van der Waals surface area contributed by atoms with E-state index in [1.165, 1.54) is 6.07 Å². The van der Waals surface area contributed by atoms with E-state index in [2.05, 4.69) is 5.32 Å². The standard InChI is InChI=1S/C10H7NO4/c12-5-11-7-3-1-2-6-4-8(10(13)14)15-9(6)7/h1-5H,(H,11,12)(H,13,14). The number of amides is 1. The molecule has 5 nitrogen and oxygen atoms in total. The maximum atomic E-state index is 10.7. The van der Waals surface area contributed by atoms with E-state index in [9.17, 15) is 9.59 Å². The Bertz CT molecular complexity index is 529. The Hall–Kier alpha value is -2.30. The van der Waals surface area contributed by atoms with Crippen molar-refractivity contribution in [2.45, 2.75) is 0 Å². The summed E-state index contributed by atoms with van der Waals surface area (Å²) in [6.07, 6.45) is 0.512. The van der Waals surface area contributed by atoms with Crippen molar-refractivity contribution >= 4 is 29.0 Å². The first kappa shape index (κ1) is 9.26. The summed E-state index contributed by atoms with van der Waals surface area (Å²) >= 11 is 0. The molecule has 1 amide bonds. The summed E-state index contributed by atoms with van der Waals surface area (Å²) in [6, 6.07) is 6.45. The fraction of sp³-hybridized carbons (Fsp3) is 0. The Labute approximate surface area is 84.3 Å². The molecule has 1 aromatic carbocycles. The molecule has 0 atom stereocenters. The largest absolute Gasteiger partial charge is 0.475 e.